The zero-order chi connectivity index (χ0) is 21.5. The van der Waals surface area contributed by atoms with Crippen LogP contribution in [0.2, 0.25) is 0 Å². The van der Waals surface area contributed by atoms with Crippen LogP contribution in [0.5, 0.6) is 0 Å². The highest BCUT2D eigenvalue weighted by Crippen LogP contribution is 2.21. The maximum atomic E-state index is 4.72. The molecule has 158 valence electrons. The smallest absolute Gasteiger partial charge is 0.191 e. The van der Waals surface area contributed by atoms with Gasteiger partial charge in [0, 0.05) is 29.9 Å². The molecule has 2 aromatic heterocycles. The Balaban J connectivity index is 1.66. The molecule has 0 aliphatic heterocycles. The highest BCUT2D eigenvalue weighted by molar-refractivity contribution is 7.98. The summed E-state index contributed by atoms with van der Waals surface area (Å²) in [5, 5.41) is 11.2. The topological polar surface area (TPSA) is 67.1 Å². The van der Waals surface area contributed by atoms with Crippen molar-refractivity contribution >= 4 is 17.7 Å². The molecule has 2 heterocycles. The van der Waals surface area contributed by atoms with Gasteiger partial charge in [-0.1, -0.05) is 18.2 Å². The summed E-state index contributed by atoms with van der Waals surface area (Å²) in [5.41, 5.74) is 5.67. The first-order chi connectivity index (χ1) is 14.5. The van der Waals surface area contributed by atoms with Crippen LogP contribution in [-0.2, 0) is 13.1 Å². The van der Waals surface area contributed by atoms with Crippen LogP contribution in [0.25, 0.3) is 5.82 Å². The van der Waals surface area contributed by atoms with E-state index >= 15 is 0 Å². The summed E-state index contributed by atoms with van der Waals surface area (Å²) in [7, 11) is 0. The Morgan fingerprint density at radius 3 is 2.57 bits per heavy atom. The quantitative estimate of drug-likeness (QED) is 0.340. The second kappa shape index (κ2) is 10.3. The lowest BCUT2D eigenvalue weighted by atomic mass is 10.1. The summed E-state index contributed by atoms with van der Waals surface area (Å²) in [5.74, 6) is 1.62. The highest BCUT2D eigenvalue weighted by atomic mass is 32.2. The Hall–Kier alpha value is -2.80. The minimum atomic E-state index is 0.559. The van der Waals surface area contributed by atoms with Crippen LogP contribution in [-0.4, -0.2) is 33.5 Å². The maximum absolute atomic E-state index is 4.72. The molecule has 0 aliphatic carbocycles. The fraction of sp³-hybridized carbons (Fsp3) is 0.348. The van der Waals surface area contributed by atoms with Crippen LogP contribution >= 0.6 is 11.8 Å². The highest BCUT2D eigenvalue weighted by Gasteiger charge is 2.06. The summed E-state index contributed by atoms with van der Waals surface area (Å²) >= 11 is 1.77. The number of pyridine rings is 1. The van der Waals surface area contributed by atoms with Gasteiger partial charge in [0.1, 0.15) is 0 Å². The van der Waals surface area contributed by atoms with Crippen LogP contribution in [0.3, 0.4) is 0 Å². The molecule has 6 nitrogen and oxygen atoms in total. The summed E-state index contributed by atoms with van der Waals surface area (Å²) in [4.78, 5) is 10.6. The number of nitrogens with zero attached hydrogens (tertiary/aromatic N) is 4. The van der Waals surface area contributed by atoms with Gasteiger partial charge < -0.3 is 10.6 Å². The van der Waals surface area contributed by atoms with Crippen LogP contribution in [0.4, 0.5) is 0 Å². The van der Waals surface area contributed by atoms with Gasteiger partial charge in [0.2, 0.25) is 0 Å². The Labute approximate surface area is 183 Å². The van der Waals surface area contributed by atoms with Crippen molar-refractivity contribution in [3.05, 3.63) is 70.7 Å². The Morgan fingerprint density at radius 2 is 1.93 bits per heavy atom. The molecular weight excluding hydrogens is 392 g/mol. The lowest BCUT2D eigenvalue weighted by Gasteiger charge is -2.14. The molecule has 0 amide bonds. The van der Waals surface area contributed by atoms with E-state index in [1.165, 1.54) is 16.0 Å². The first-order valence-corrected chi connectivity index (χ1v) is 11.4. The van der Waals surface area contributed by atoms with E-state index in [0.717, 1.165) is 41.8 Å². The predicted molar refractivity (Wildman–Crippen MR) is 125 cm³/mol. The molecule has 0 aliphatic rings. The third-order valence-corrected chi connectivity index (χ3v) is 5.51. The molecule has 3 aromatic rings. The van der Waals surface area contributed by atoms with Crippen molar-refractivity contribution < 1.29 is 0 Å². The molecule has 2 N–H and O–H groups in total. The molecule has 0 atom stereocenters. The van der Waals surface area contributed by atoms with Crippen molar-refractivity contribution in [2.45, 2.75) is 45.7 Å². The monoisotopic (exact) mass is 422 g/mol. The van der Waals surface area contributed by atoms with Gasteiger partial charge >= 0.3 is 0 Å². The third-order valence-electron chi connectivity index (χ3n) is 4.69. The number of hydrogen-bond acceptors (Lipinski definition) is 4. The molecule has 30 heavy (non-hydrogen) atoms. The second-order valence-electron chi connectivity index (χ2n) is 7.23. The number of nitrogens with one attached hydrogen (secondary N) is 2. The number of rotatable bonds is 7. The van der Waals surface area contributed by atoms with E-state index in [-0.39, 0.29) is 0 Å². The normalized spacial score (nSPS) is 11.6. The van der Waals surface area contributed by atoms with E-state index in [1.807, 2.05) is 36.9 Å². The number of aliphatic imine (C=N–C) groups is 1. The molecular formula is C23H30N6S. The average Bonchev–Trinajstić information content (AvgIpc) is 3.09. The molecule has 0 radical (unpaired) electrons. The lowest BCUT2D eigenvalue weighted by Crippen LogP contribution is -2.36. The first kappa shape index (κ1) is 21.9. The second-order valence-corrected chi connectivity index (χ2v) is 8.08. The molecule has 0 saturated carbocycles. The van der Waals surface area contributed by atoms with Gasteiger partial charge in [-0.15, -0.1) is 11.8 Å². The fourth-order valence-electron chi connectivity index (χ4n) is 3.19. The summed E-state index contributed by atoms with van der Waals surface area (Å²) in [6.45, 7) is 10.3. The van der Waals surface area contributed by atoms with Crippen molar-refractivity contribution in [3.63, 3.8) is 0 Å². The zero-order valence-electron chi connectivity index (χ0n) is 18.4. The summed E-state index contributed by atoms with van der Waals surface area (Å²) in [6.07, 6.45) is 3.98. The van der Waals surface area contributed by atoms with Gasteiger partial charge in [0.05, 0.1) is 12.2 Å². The predicted octanol–water partition coefficient (Wildman–Crippen LogP) is 4.17. The van der Waals surface area contributed by atoms with Crippen molar-refractivity contribution in [2.24, 2.45) is 4.99 Å². The van der Waals surface area contributed by atoms with Crippen molar-refractivity contribution in [2.75, 3.05) is 12.8 Å². The number of guanidine groups is 1. The van der Waals surface area contributed by atoms with Gasteiger partial charge in [-0.25, -0.2) is 14.7 Å². The van der Waals surface area contributed by atoms with Crippen LogP contribution < -0.4 is 10.6 Å². The molecule has 0 fully saturated rings. The minimum absolute atomic E-state index is 0.559. The van der Waals surface area contributed by atoms with Crippen molar-refractivity contribution in [1.82, 2.24) is 25.4 Å². The lowest BCUT2D eigenvalue weighted by molar-refractivity contribution is 0.797. The van der Waals surface area contributed by atoms with Crippen molar-refractivity contribution in [3.8, 4) is 5.82 Å². The van der Waals surface area contributed by atoms with E-state index in [4.69, 9.17) is 4.99 Å². The van der Waals surface area contributed by atoms with Crippen molar-refractivity contribution in [1.29, 1.82) is 0 Å². The number of benzene rings is 1. The number of aryl methyl sites for hydroxylation is 3. The Morgan fingerprint density at radius 1 is 1.10 bits per heavy atom. The standard InChI is InChI=1S/C23H30N6S/c1-6-24-23(27-15-20-9-7-16(2)11-21(20)30-5)26-14-19-8-10-22(25-13-19)29-18(4)12-17(3)28-29/h7-13H,6,14-15H2,1-5H3,(H2,24,26,27). The fourth-order valence-corrected chi connectivity index (χ4v) is 3.89. The summed E-state index contributed by atoms with van der Waals surface area (Å²) < 4.78 is 1.86. The van der Waals surface area contributed by atoms with Gasteiger partial charge in [-0.2, -0.15) is 5.10 Å². The number of aromatic nitrogens is 3. The summed E-state index contributed by atoms with van der Waals surface area (Å²) in [6, 6.07) is 12.6. The van der Waals surface area contributed by atoms with Crippen LogP contribution in [0.15, 0.2) is 52.5 Å². The molecule has 7 heteroatoms. The largest absolute Gasteiger partial charge is 0.357 e. The first-order valence-electron chi connectivity index (χ1n) is 10.1. The molecule has 0 bridgehead atoms. The third kappa shape index (κ3) is 5.63. The van der Waals surface area contributed by atoms with E-state index < -0.39 is 0 Å². The molecule has 1 aromatic carbocycles. The molecule has 0 saturated heterocycles. The SMILES string of the molecule is CCNC(=NCc1ccc(-n2nc(C)cc2C)nc1)NCc1ccc(C)cc1SC. The van der Waals surface area contributed by atoms with Gasteiger partial charge in [0.25, 0.3) is 0 Å². The van der Waals surface area contributed by atoms with Crippen LogP contribution in [0.1, 0.15) is 35.0 Å². The van der Waals surface area contributed by atoms with Gasteiger partial charge in [-0.3, -0.25) is 0 Å². The average molecular weight is 423 g/mol. The maximum Gasteiger partial charge on any atom is 0.191 e. The van der Waals surface area contributed by atoms with E-state index in [0.29, 0.717) is 6.54 Å². The Bertz CT molecular complexity index is 1010. The minimum Gasteiger partial charge on any atom is -0.357 e. The van der Waals surface area contributed by atoms with Crippen LogP contribution in [0, 0.1) is 20.8 Å². The van der Waals surface area contributed by atoms with Gasteiger partial charge in [0.15, 0.2) is 11.8 Å². The Kier molecular flexibility index (Phi) is 7.52. The van der Waals surface area contributed by atoms with E-state index in [2.05, 4.69) is 65.1 Å². The number of hydrogen-bond donors (Lipinski definition) is 2. The van der Waals surface area contributed by atoms with E-state index in [9.17, 15) is 0 Å². The van der Waals surface area contributed by atoms with E-state index in [1.54, 1.807) is 11.8 Å². The zero-order valence-corrected chi connectivity index (χ0v) is 19.2. The molecule has 0 unspecified atom stereocenters. The molecule has 3 rings (SSSR count). The molecule has 0 spiro atoms. The van der Waals surface area contributed by atoms with Gasteiger partial charge in [-0.05, 0) is 68.8 Å². The number of thioether (sulfide) groups is 1.